The molecule has 1 aliphatic heterocycles. The normalized spacial score (nSPS) is 15.9. The number of carbonyl (C=O) groups excluding carboxylic acids is 1. The second-order valence-electron chi connectivity index (χ2n) is 7.11. The van der Waals surface area contributed by atoms with Crippen LogP contribution in [0.2, 0.25) is 0 Å². The SMILES string of the molecule is CCCCS(=O)(=O)N1CCN(c2ccc(NC(=O)C(CC)CC)cc2)CC1. The van der Waals surface area contributed by atoms with Gasteiger partial charge in [-0.3, -0.25) is 4.79 Å². The number of benzene rings is 1. The molecule has 0 aromatic heterocycles. The summed E-state index contributed by atoms with van der Waals surface area (Å²) in [6.45, 7) is 8.48. The minimum atomic E-state index is -3.13. The molecule has 0 radical (unpaired) electrons. The van der Waals surface area contributed by atoms with Crippen LogP contribution in [0.3, 0.4) is 0 Å². The molecule has 1 aliphatic rings. The van der Waals surface area contributed by atoms with E-state index in [1.54, 1.807) is 4.31 Å². The fraction of sp³-hybridized carbons (Fsp3) is 0.650. The van der Waals surface area contributed by atoms with Crippen LogP contribution in [0, 0.1) is 5.92 Å². The van der Waals surface area contributed by atoms with Crippen molar-refractivity contribution < 1.29 is 13.2 Å². The van der Waals surface area contributed by atoms with E-state index in [2.05, 4.69) is 10.2 Å². The quantitative estimate of drug-likeness (QED) is 0.696. The lowest BCUT2D eigenvalue weighted by atomic mass is 10.0. The first-order valence-corrected chi connectivity index (χ1v) is 11.7. The van der Waals surface area contributed by atoms with Gasteiger partial charge in [0.05, 0.1) is 5.75 Å². The van der Waals surface area contributed by atoms with Crippen molar-refractivity contribution in [2.24, 2.45) is 5.92 Å². The van der Waals surface area contributed by atoms with Crippen LogP contribution in [0.4, 0.5) is 11.4 Å². The number of amides is 1. The third-order valence-electron chi connectivity index (χ3n) is 5.24. The van der Waals surface area contributed by atoms with E-state index in [1.807, 2.05) is 45.0 Å². The number of rotatable bonds is 9. The average molecular weight is 396 g/mol. The van der Waals surface area contributed by atoms with E-state index in [0.717, 1.165) is 30.6 Å². The first kappa shape index (κ1) is 21.7. The van der Waals surface area contributed by atoms with Crippen LogP contribution in [-0.4, -0.2) is 50.6 Å². The fourth-order valence-electron chi connectivity index (χ4n) is 3.34. The van der Waals surface area contributed by atoms with Crippen LogP contribution >= 0.6 is 0 Å². The molecular weight excluding hydrogens is 362 g/mol. The number of nitrogens with one attached hydrogen (secondary N) is 1. The molecule has 1 aromatic rings. The van der Waals surface area contributed by atoms with Gasteiger partial charge in [-0.1, -0.05) is 27.2 Å². The number of carbonyl (C=O) groups is 1. The van der Waals surface area contributed by atoms with Gasteiger partial charge in [0, 0.05) is 43.5 Å². The van der Waals surface area contributed by atoms with Gasteiger partial charge in [-0.05, 0) is 43.5 Å². The Labute approximate surface area is 164 Å². The van der Waals surface area contributed by atoms with E-state index in [9.17, 15) is 13.2 Å². The molecule has 1 aromatic carbocycles. The summed E-state index contributed by atoms with van der Waals surface area (Å²) in [4.78, 5) is 14.4. The third kappa shape index (κ3) is 5.94. The van der Waals surface area contributed by atoms with Crippen LogP contribution in [0.15, 0.2) is 24.3 Å². The van der Waals surface area contributed by atoms with Crippen LogP contribution in [-0.2, 0) is 14.8 Å². The smallest absolute Gasteiger partial charge is 0.227 e. The Hall–Kier alpha value is -1.60. The Morgan fingerprint density at radius 3 is 2.15 bits per heavy atom. The summed E-state index contributed by atoms with van der Waals surface area (Å²) in [7, 11) is -3.13. The van der Waals surface area contributed by atoms with Gasteiger partial charge in [0.1, 0.15) is 0 Å². The van der Waals surface area contributed by atoms with Crippen molar-refractivity contribution in [3.8, 4) is 0 Å². The van der Waals surface area contributed by atoms with Gasteiger partial charge >= 0.3 is 0 Å². The topological polar surface area (TPSA) is 69.7 Å². The number of anilines is 2. The number of hydrogen-bond donors (Lipinski definition) is 1. The maximum atomic E-state index is 12.3. The average Bonchev–Trinajstić information content (AvgIpc) is 2.68. The highest BCUT2D eigenvalue weighted by Gasteiger charge is 2.26. The van der Waals surface area contributed by atoms with Crippen molar-refractivity contribution >= 4 is 27.3 Å². The van der Waals surface area contributed by atoms with Crippen molar-refractivity contribution in [3.63, 3.8) is 0 Å². The summed E-state index contributed by atoms with van der Waals surface area (Å²) in [5.74, 6) is 0.361. The summed E-state index contributed by atoms with van der Waals surface area (Å²) < 4.78 is 26.2. The van der Waals surface area contributed by atoms with E-state index >= 15 is 0 Å². The number of unbranched alkanes of at least 4 members (excludes halogenated alkanes) is 1. The zero-order chi connectivity index (χ0) is 19.9. The first-order valence-electron chi connectivity index (χ1n) is 10.0. The second kappa shape index (κ2) is 10.1. The molecule has 1 fully saturated rings. The molecule has 1 amide bonds. The lowest BCUT2D eigenvalue weighted by Gasteiger charge is -2.35. The predicted octanol–water partition coefficient (Wildman–Crippen LogP) is 3.31. The van der Waals surface area contributed by atoms with Gasteiger partial charge in [-0.2, -0.15) is 4.31 Å². The Balaban J connectivity index is 1.91. The molecule has 0 aliphatic carbocycles. The van der Waals surface area contributed by atoms with E-state index in [0.29, 0.717) is 32.6 Å². The second-order valence-corrected chi connectivity index (χ2v) is 9.19. The Morgan fingerprint density at radius 2 is 1.63 bits per heavy atom. The van der Waals surface area contributed by atoms with Crippen LogP contribution in [0.25, 0.3) is 0 Å². The molecular formula is C20H33N3O3S. The van der Waals surface area contributed by atoms with E-state index in [4.69, 9.17) is 0 Å². The molecule has 0 atom stereocenters. The highest BCUT2D eigenvalue weighted by molar-refractivity contribution is 7.89. The summed E-state index contributed by atoms with van der Waals surface area (Å²) in [5.41, 5.74) is 1.86. The first-order chi connectivity index (χ1) is 12.9. The number of piperazine rings is 1. The molecule has 6 nitrogen and oxygen atoms in total. The van der Waals surface area contributed by atoms with Gasteiger partial charge in [0.2, 0.25) is 15.9 Å². The minimum absolute atomic E-state index is 0.0485. The summed E-state index contributed by atoms with van der Waals surface area (Å²) in [6.07, 6.45) is 3.28. The summed E-state index contributed by atoms with van der Waals surface area (Å²) in [5, 5.41) is 2.98. The van der Waals surface area contributed by atoms with Gasteiger partial charge in [-0.25, -0.2) is 8.42 Å². The van der Waals surface area contributed by atoms with E-state index in [-0.39, 0.29) is 17.6 Å². The van der Waals surface area contributed by atoms with Crippen molar-refractivity contribution in [2.45, 2.75) is 46.5 Å². The molecule has 27 heavy (non-hydrogen) atoms. The van der Waals surface area contributed by atoms with E-state index < -0.39 is 10.0 Å². The predicted molar refractivity (Wildman–Crippen MR) is 112 cm³/mol. The van der Waals surface area contributed by atoms with Crippen LogP contribution < -0.4 is 10.2 Å². The minimum Gasteiger partial charge on any atom is -0.369 e. The molecule has 1 N–H and O–H groups in total. The highest BCUT2D eigenvalue weighted by Crippen LogP contribution is 2.21. The van der Waals surface area contributed by atoms with Crippen molar-refractivity contribution in [1.82, 2.24) is 4.31 Å². The zero-order valence-electron chi connectivity index (χ0n) is 16.8. The molecule has 0 saturated carbocycles. The molecule has 0 bridgehead atoms. The molecule has 0 unspecified atom stereocenters. The van der Waals surface area contributed by atoms with Crippen molar-refractivity contribution in [1.29, 1.82) is 0 Å². The van der Waals surface area contributed by atoms with E-state index in [1.165, 1.54) is 0 Å². The number of nitrogens with zero attached hydrogens (tertiary/aromatic N) is 2. The summed E-state index contributed by atoms with van der Waals surface area (Å²) in [6, 6.07) is 7.81. The molecule has 0 spiro atoms. The molecule has 1 heterocycles. The molecule has 152 valence electrons. The van der Waals surface area contributed by atoms with Crippen molar-refractivity contribution in [3.05, 3.63) is 24.3 Å². The van der Waals surface area contributed by atoms with Crippen LogP contribution in [0.1, 0.15) is 46.5 Å². The zero-order valence-corrected chi connectivity index (χ0v) is 17.6. The van der Waals surface area contributed by atoms with Crippen LogP contribution in [0.5, 0.6) is 0 Å². The van der Waals surface area contributed by atoms with Gasteiger partial charge in [0.25, 0.3) is 0 Å². The lowest BCUT2D eigenvalue weighted by Crippen LogP contribution is -2.49. The maximum absolute atomic E-state index is 12.3. The standard InChI is InChI=1S/C20H33N3O3S/c1-4-7-16-27(25,26)23-14-12-22(13-15-23)19-10-8-18(9-11-19)21-20(24)17(5-2)6-3/h8-11,17H,4-7,12-16H2,1-3H3,(H,21,24). The molecule has 2 rings (SSSR count). The Kier molecular flexibility index (Phi) is 8.10. The summed E-state index contributed by atoms with van der Waals surface area (Å²) >= 11 is 0. The largest absolute Gasteiger partial charge is 0.369 e. The highest BCUT2D eigenvalue weighted by atomic mass is 32.2. The Morgan fingerprint density at radius 1 is 1.04 bits per heavy atom. The third-order valence-corrected chi connectivity index (χ3v) is 7.20. The van der Waals surface area contributed by atoms with Crippen molar-refractivity contribution in [2.75, 3.05) is 42.1 Å². The van der Waals surface area contributed by atoms with Gasteiger partial charge in [0.15, 0.2) is 0 Å². The molecule has 7 heteroatoms. The van der Waals surface area contributed by atoms with Gasteiger partial charge < -0.3 is 10.2 Å². The van der Waals surface area contributed by atoms with Gasteiger partial charge in [-0.15, -0.1) is 0 Å². The molecule has 1 saturated heterocycles. The monoisotopic (exact) mass is 395 g/mol. The lowest BCUT2D eigenvalue weighted by molar-refractivity contribution is -0.120. The number of hydrogen-bond acceptors (Lipinski definition) is 4. The Bertz CT molecular complexity index is 692. The fourth-order valence-corrected chi connectivity index (χ4v) is 4.97. The number of sulfonamides is 1. The maximum Gasteiger partial charge on any atom is 0.227 e.